The van der Waals surface area contributed by atoms with Crippen molar-refractivity contribution in [2.45, 2.75) is 6.92 Å². The van der Waals surface area contributed by atoms with E-state index in [0.29, 0.717) is 0 Å². The minimum absolute atomic E-state index is 0.952. The van der Waals surface area contributed by atoms with Gasteiger partial charge in [-0.15, -0.1) is 0 Å². The standard InChI is InChI=1S/C16H20N2O/c1-2-17-9-11-18(12-10-17)15-7-4-3-6-14(15)16-8-5-13-19-16/h3-8,13H,2,9-12H2,1H3. The van der Waals surface area contributed by atoms with Crippen LogP contribution < -0.4 is 4.90 Å². The van der Waals surface area contributed by atoms with Crippen molar-refractivity contribution in [2.75, 3.05) is 37.6 Å². The van der Waals surface area contributed by atoms with E-state index in [1.54, 1.807) is 6.26 Å². The summed E-state index contributed by atoms with van der Waals surface area (Å²) in [4.78, 5) is 4.95. The van der Waals surface area contributed by atoms with Crippen molar-refractivity contribution in [3.63, 3.8) is 0 Å². The van der Waals surface area contributed by atoms with Crippen molar-refractivity contribution in [1.82, 2.24) is 4.90 Å². The summed E-state index contributed by atoms with van der Waals surface area (Å²) in [7, 11) is 0. The van der Waals surface area contributed by atoms with E-state index in [-0.39, 0.29) is 0 Å². The van der Waals surface area contributed by atoms with Crippen LogP contribution in [0.4, 0.5) is 5.69 Å². The molecule has 1 saturated heterocycles. The lowest BCUT2D eigenvalue weighted by molar-refractivity contribution is 0.271. The summed E-state index contributed by atoms with van der Waals surface area (Å²) in [6, 6.07) is 12.5. The fourth-order valence-corrected chi connectivity index (χ4v) is 2.69. The van der Waals surface area contributed by atoms with E-state index in [2.05, 4.69) is 41.0 Å². The predicted octanol–water partition coefficient (Wildman–Crippen LogP) is 3.09. The fourth-order valence-electron chi connectivity index (χ4n) is 2.69. The second-order valence-electron chi connectivity index (χ2n) is 4.92. The molecule has 0 amide bonds. The van der Waals surface area contributed by atoms with Crippen LogP contribution in [0.1, 0.15) is 6.92 Å². The lowest BCUT2D eigenvalue weighted by atomic mass is 10.1. The number of hydrogen-bond donors (Lipinski definition) is 0. The summed E-state index contributed by atoms with van der Waals surface area (Å²) in [5, 5.41) is 0. The Labute approximate surface area is 114 Å². The molecule has 1 fully saturated rings. The van der Waals surface area contributed by atoms with Crippen LogP contribution in [0.2, 0.25) is 0 Å². The van der Waals surface area contributed by atoms with Crippen molar-refractivity contribution in [2.24, 2.45) is 0 Å². The Hall–Kier alpha value is -1.74. The molecule has 2 aromatic rings. The minimum atomic E-state index is 0.952. The summed E-state index contributed by atoms with van der Waals surface area (Å²) < 4.78 is 5.56. The van der Waals surface area contributed by atoms with Crippen LogP contribution in [0.25, 0.3) is 11.3 Å². The molecule has 1 aliphatic rings. The lowest BCUT2D eigenvalue weighted by Gasteiger charge is -2.36. The van der Waals surface area contributed by atoms with E-state index >= 15 is 0 Å². The van der Waals surface area contributed by atoms with Gasteiger partial charge in [-0.2, -0.15) is 0 Å². The number of piperazine rings is 1. The smallest absolute Gasteiger partial charge is 0.135 e. The molecule has 1 aromatic carbocycles. The predicted molar refractivity (Wildman–Crippen MR) is 78.5 cm³/mol. The Balaban J connectivity index is 1.85. The van der Waals surface area contributed by atoms with Crippen molar-refractivity contribution >= 4 is 5.69 Å². The summed E-state index contributed by atoms with van der Waals surface area (Å²) in [5.74, 6) is 0.952. The van der Waals surface area contributed by atoms with Crippen molar-refractivity contribution in [3.05, 3.63) is 42.7 Å². The average Bonchev–Trinajstić information content (AvgIpc) is 3.01. The first-order chi connectivity index (χ1) is 9.38. The third kappa shape index (κ3) is 2.51. The molecule has 0 N–H and O–H groups in total. The summed E-state index contributed by atoms with van der Waals surface area (Å²) in [5.41, 5.74) is 2.48. The number of anilines is 1. The van der Waals surface area contributed by atoms with Gasteiger partial charge < -0.3 is 14.2 Å². The maximum absolute atomic E-state index is 5.56. The Bertz CT molecular complexity index is 513. The van der Waals surface area contributed by atoms with Crippen LogP contribution in [-0.4, -0.2) is 37.6 Å². The second-order valence-corrected chi connectivity index (χ2v) is 4.92. The fraction of sp³-hybridized carbons (Fsp3) is 0.375. The van der Waals surface area contributed by atoms with Crippen molar-refractivity contribution in [1.29, 1.82) is 0 Å². The molecule has 0 saturated carbocycles. The van der Waals surface area contributed by atoms with Crippen molar-refractivity contribution in [3.8, 4) is 11.3 Å². The van der Waals surface area contributed by atoms with Gasteiger partial charge >= 0.3 is 0 Å². The van der Waals surface area contributed by atoms with Gasteiger partial charge in [0.25, 0.3) is 0 Å². The molecule has 0 unspecified atom stereocenters. The molecule has 1 aliphatic heterocycles. The second kappa shape index (κ2) is 5.49. The molecule has 0 radical (unpaired) electrons. The van der Waals surface area contributed by atoms with Crippen LogP contribution in [0, 0.1) is 0 Å². The maximum Gasteiger partial charge on any atom is 0.135 e. The van der Waals surface area contributed by atoms with Crippen LogP contribution in [0.5, 0.6) is 0 Å². The molecule has 0 aliphatic carbocycles. The number of likely N-dealkylation sites (N-methyl/N-ethyl adjacent to an activating group) is 1. The number of hydrogen-bond acceptors (Lipinski definition) is 3. The van der Waals surface area contributed by atoms with Crippen LogP contribution >= 0.6 is 0 Å². The SMILES string of the molecule is CCN1CCN(c2ccccc2-c2ccco2)CC1. The minimum Gasteiger partial charge on any atom is -0.464 e. The molecule has 2 heterocycles. The summed E-state index contributed by atoms with van der Waals surface area (Å²) >= 11 is 0. The number of rotatable bonds is 3. The zero-order valence-electron chi connectivity index (χ0n) is 11.4. The summed E-state index contributed by atoms with van der Waals surface area (Å²) in [6.45, 7) is 7.84. The Morgan fingerprint density at radius 3 is 2.47 bits per heavy atom. The molecule has 0 spiro atoms. The zero-order valence-corrected chi connectivity index (χ0v) is 11.4. The van der Waals surface area contributed by atoms with E-state index in [9.17, 15) is 0 Å². The third-order valence-corrected chi connectivity index (χ3v) is 3.85. The van der Waals surface area contributed by atoms with Crippen molar-refractivity contribution < 1.29 is 4.42 Å². The molecular weight excluding hydrogens is 236 g/mol. The molecule has 3 heteroatoms. The molecule has 0 bridgehead atoms. The highest BCUT2D eigenvalue weighted by Gasteiger charge is 2.19. The summed E-state index contributed by atoms with van der Waals surface area (Å²) in [6.07, 6.45) is 1.74. The Morgan fingerprint density at radius 1 is 1.00 bits per heavy atom. The molecule has 3 rings (SSSR count). The van der Waals surface area contributed by atoms with Crippen LogP contribution in [-0.2, 0) is 0 Å². The van der Waals surface area contributed by atoms with Gasteiger partial charge in [0, 0.05) is 37.4 Å². The molecule has 100 valence electrons. The van der Waals surface area contributed by atoms with Gasteiger partial charge in [-0.05, 0) is 30.8 Å². The first-order valence-corrected chi connectivity index (χ1v) is 6.98. The molecule has 3 nitrogen and oxygen atoms in total. The van der Waals surface area contributed by atoms with Gasteiger partial charge in [0.2, 0.25) is 0 Å². The van der Waals surface area contributed by atoms with Gasteiger partial charge in [-0.25, -0.2) is 0 Å². The maximum atomic E-state index is 5.56. The van der Waals surface area contributed by atoms with Crippen LogP contribution in [0.3, 0.4) is 0 Å². The van der Waals surface area contributed by atoms with Gasteiger partial charge in [-0.3, -0.25) is 0 Å². The first-order valence-electron chi connectivity index (χ1n) is 6.98. The lowest BCUT2D eigenvalue weighted by Crippen LogP contribution is -2.46. The molecule has 19 heavy (non-hydrogen) atoms. The highest BCUT2D eigenvalue weighted by atomic mass is 16.3. The van der Waals surface area contributed by atoms with Crippen LogP contribution in [0.15, 0.2) is 47.1 Å². The molecule has 0 atom stereocenters. The van der Waals surface area contributed by atoms with E-state index in [1.165, 1.54) is 11.3 Å². The van der Waals surface area contributed by atoms with Gasteiger partial charge in [0.15, 0.2) is 0 Å². The monoisotopic (exact) mass is 256 g/mol. The first kappa shape index (κ1) is 12.3. The number of benzene rings is 1. The Kier molecular flexibility index (Phi) is 3.56. The van der Waals surface area contributed by atoms with E-state index < -0.39 is 0 Å². The third-order valence-electron chi connectivity index (χ3n) is 3.85. The molecule has 1 aromatic heterocycles. The zero-order chi connectivity index (χ0) is 13.1. The number of nitrogens with zero attached hydrogens (tertiary/aromatic N) is 2. The highest BCUT2D eigenvalue weighted by molar-refractivity contribution is 5.75. The normalized spacial score (nSPS) is 16.8. The van der Waals surface area contributed by atoms with Gasteiger partial charge in [0.05, 0.1) is 6.26 Å². The Morgan fingerprint density at radius 2 is 1.79 bits per heavy atom. The number of furan rings is 1. The largest absolute Gasteiger partial charge is 0.464 e. The quantitative estimate of drug-likeness (QED) is 0.841. The highest BCUT2D eigenvalue weighted by Crippen LogP contribution is 2.31. The van der Waals surface area contributed by atoms with E-state index in [4.69, 9.17) is 4.42 Å². The topological polar surface area (TPSA) is 19.6 Å². The van der Waals surface area contributed by atoms with E-state index in [0.717, 1.165) is 38.5 Å². The van der Waals surface area contributed by atoms with Gasteiger partial charge in [0.1, 0.15) is 5.76 Å². The average molecular weight is 256 g/mol. The number of para-hydroxylation sites is 1. The van der Waals surface area contributed by atoms with Gasteiger partial charge in [-0.1, -0.05) is 19.1 Å². The molecular formula is C16H20N2O. The van der Waals surface area contributed by atoms with E-state index in [1.807, 2.05) is 12.1 Å².